The van der Waals surface area contributed by atoms with Gasteiger partial charge in [0.15, 0.2) is 0 Å². The molecule has 0 saturated heterocycles. The second kappa shape index (κ2) is 4.99. The van der Waals surface area contributed by atoms with E-state index in [1.54, 1.807) is 12.1 Å². The van der Waals surface area contributed by atoms with E-state index in [-0.39, 0.29) is 5.75 Å². The number of aromatic hydroxyl groups is 1. The van der Waals surface area contributed by atoms with Crippen molar-refractivity contribution in [1.29, 1.82) is 0 Å². The van der Waals surface area contributed by atoms with E-state index in [2.05, 4.69) is 0 Å². The number of phenolic OH excluding ortho intramolecular Hbond substituents is 1. The van der Waals surface area contributed by atoms with Crippen molar-refractivity contribution in [3.63, 3.8) is 0 Å². The molecule has 0 aliphatic carbocycles. The largest absolute Gasteiger partial charge is 0.507 e. The number of benzene rings is 1. The Morgan fingerprint density at radius 2 is 2.33 bits per heavy atom. The minimum atomic E-state index is -0.590. The molecule has 0 fully saturated rings. The Kier molecular flexibility index (Phi) is 3.68. The predicted molar refractivity (Wildman–Crippen MR) is 55.3 cm³/mol. The van der Waals surface area contributed by atoms with Gasteiger partial charge in [-0.15, -0.1) is 0 Å². The van der Waals surface area contributed by atoms with Gasteiger partial charge in [-0.2, -0.15) is 0 Å². The minimum Gasteiger partial charge on any atom is -0.507 e. The lowest BCUT2D eigenvalue weighted by atomic mass is 10.2. The molecule has 1 aromatic rings. The van der Waals surface area contributed by atoms with Gasteiger partial charge in [0.1, 0.15) is 11.5 Å². The van der Waals surface area contributed by atoms with E-state index in [9.17, 15) is 15.2 Å². The molecule has 0 saturated carbocycles. The molecule has 5 nitrogen and oxygen atoms in total. The van der Waals surface area contributed by atoms with Crippen LogP contribution in [0, 0.1) is 10.1 Å². The summed E-state index contributed by atoms with van der Waals surface area (Å²) in [5.41, 5.74) is 0.359. The van der Waals surface area contributed by atoms with Crippen LogP contribution >= 0.6 is 0 Å². The fraction of sp³-hybridized carbons (Fsp3) is 0.200. The molecule has 1 aromatic carbocycles. The third-order valence-corrected chi connectivity index (χ3v) is 1.69. The summed E-state index contributed by atoms with van der Waals surface area (Å²) in [4.78, 5) is 9.51. The monoisotopic (exact) mass is 209 g/mol. The van der Waals surface area contributed by atoms with E-state index >= 15 is 0 Å². The molecule has 0 heterocycles. The van der Waals surface area contributed by atoms with Crippen LogP contribution in [0.25, 0.3) is 6.08 Å². The number of hydrogen-bond acceptors (Lipinski definition) is 4. The van der Waals surface area contributed by atoms with Gasteiger partial charge < -0.3 is 9.84 Å². The zero-order valence-corrected chi connectivity index (χ0v) is 8.21. The Balaban J connectivity index is 2.94. The normalized spacial score (nSPS) is 10.5. The lowest BCUT2D eigenvalue weighted by Crippen LogP contribution is -1.91. The molecule has 0 aliphatic heterocycles. The maximum Gasteiger partial charge on any atom is 0.235 e. The zero-order valence-electron chi connectivity index (χ0n) is 8.21. The number of rotatable bonds is 4. The maximum absolute atomic E-state index is 10.1. The topological polar surface area (TPSA) is 72.6 Å². The van der Waals surface area contributed by atoms with E-state index in [0.717, 1.165) is 6.20 Å². The summed E-state index contributed by atoms with van der Waals surface area (Å²) in [6, 6.07) is 4.58. The van der Waals surface area contributed by atoms with Crippen LogP contribution in [0.4, 0.5) is 0 Å². The van der Waals surface area contributed by atoms with Gasteiger partial charge >= 0.3 is 0 Å². The molecule has 0 bridgehead atoms. The minimum absolute atomic E-state index is 0.0171. The van der Waals surface area contributed by atoms with Gasteiger partial charge in [0, 0.05) is 11.6 Å². The third kappa shape index (κ3) is 3.30. The Labute approximate surface area is 86.8 Å². The first-order valence-electron chi connectivity index (χ1n) is 4.41. The smallest absolute Gasteiger partial charge is 0.235 e. The fourth-order valence-electron chi connectivity index (χ4n) is 1.06. The predicted octanol–water partition coefficient (Wildman–Crippen LogP) is 2.04. The van der Waals surface area contributed by atoms with Crippen LogP contribution < -0.4 is 4.74 Å². The van der Waals surface area contributed by atoms with Gasteiger partial charge in [0.2, 0.25) is 6.20 Å². The highest BCUT2D eigenvalue weighted by Gasteiger charge is 2.01. The van der Waals surface area contributed by atoms with E-state index in [0.29, 0.717) is 17.9 Å². The van der Waals surface area contributed by atoms with Gasteiger partial charge in [-0.3, -0.25) is 10.1 Å². The Hall–Kier alpha value is -2.04. The first-order valence-corrected chi connectivity index (χ1v) is 4.41. The second-order valence-electron chi connectivity index (χ2n) is 2.75. The van der Waals surface area contributed by atoms with Crippen molar-refractivity contribution in [1.82, 2.24) is 0 Å². The van der Waals surface area contributed by atoms with Crippen molar-refractivity contribution in [2.45, 2.75) is 6.92 Å². The highest BCUT2D eigenvalue weighted by molar-refractivity contribution is 5.58. The zero-order chi connectivity index (χ0) is 11.3. The first kappa shape index (κ1) is 11.0. The molecule has 0 atom stereocenters. The standard InChI is InChI=1S/C10H11NO4/c1-2-15-9-3-4-10(12)8(7-9)5-6-11(13)14/h3-7,12H,2H2,1H3/b6-5+. The van der Waals surface area contributed by atoms with Crippen molar-refractivity contribution in [3.8, 4) is 11.5 Å². The SMILES string of the molecule is CCOc1ccc(O)c(/C=C/[N+](=O)[O-])c1. The average molecular weight is 209 g/mol. The summed E-state index contributed by atoms with van der Waals surface area (Å²) in [6.07, 6.45) is 1.99. The van der Waals surface area contributed by atoms with Gasteiger partial charge in [-0.25, -0.2) is 0 Å². The van der Waals surface area contributed by atoms with Gasteiger partial charge in [-0.05, 0) is 25.1 Å². The van der Waals surface area contributed by atoms with E-state index in [1.807, 2.05) is 6.92 Å². The summed E-state index contributed by atoms with van der Waals surface area (Å²) >= 11 is 0. The Morgan fingerprint density at radius 1 is 1.60 bits per heavy atom. The highest BCUT2D eigenvalue weighted by atomic mass is 16.6. The maximum atomic E-state index is 10.1. The van der Waals surface area contributed by atoms with Crippen molar-refractivity contribution < 1.29 is 14.8 Å². The summed E-state index contributed by atoms with van der Waals surface area (Å²) in [5.74, 6) is 0.551. The van der Waals surface area contributed by atoms with Crippen molar-refractivity contribution >= 4 is 6.08 Å². The summed E-state index contributed by atoms with van der Waals surface area (Å²) in [7, 11) is 0. The van der Waals surface area contributed by atoms with E-state index in [1.165, 1.54) is 12.1 Å². The lowest BCUT2D eigenvalue weighted by molar-refractivity contribution is -0.400. The van der Waals surface area contributed by atoms with Crippen LogP contribution in [0.3, 0.4) is 0 Å². The van der Waals surface area contributed by atoms with Crippen molar-refractivity contribution in [3.05, 3.63) is 40.1 Å². The van der Waals surface area contributed by atoms with Crippen LogP contribution in [0.15, 0.2) is 24.4 Å². The number of phenols is 1. The van der Waals surface area contributed by atoms with Crippen LogP contribution in [0.1, 0.15) is 12.5 Å². The molecule has 1 rings (SSSR count). The average Bonchev–Trinajstić information content (AvgIpc) is 2.19. The molecule has 15 heavy (non-hydrogen) atoms. The van der Waals surface area contributed by atoms with Crippen LogP contribution in [-0.2, 0) is 0 Å². The molecular weight excluding hydrogens is 198 g/mol. The first-order chi connectivity index (χ1) is 7.13. The molecule has 0 spiro atoms. The third-order valence-electron chi connectivity index (χ3n) is 1.69. The molecule has 0 aromatic heterocycles. The summed E-state index contributed by atoms with van der Waals surface area (Å²) < 4.78 is 5.19. The molecule has 0 aliphatic rings. The number of nitrogens with zero attached hydrogens (tertiary/aromatic N) is 1. The Bertz CT molecular complexity index is 387. The van der Waals surface area contributed by atoms with Crippen LogP contribution in [-0.4, -0.2) is 16.6 Å². The summed E-state index contributed by atoms with van der Waals surface area (Å²) in [5, 5.41) is 19.5. The quantitative estimate of drug-likeness (QED) is 0.608. The highest BCUT2D eigenvalue weighted by Crippen LogP contribution is 2.24. The molecule has 1 N–H and O–H groups in total. The molecule has 5 heteroatoms. The van der Waals surface area contributed by atoms with Crippen LogP contribution in [0.2, 0.25) is 0 Å². The van der Waals surface area contributed by atoms with E-state index in [4.69, 9.17) is 4.74 Å². The fourth-order valence-corrected chi connectivity index (χ4v) is 1.06. The number of ether oxygens (including phenoxy) is 1. The van der Waals surface area contributed by atoms with Crippen molar-refractivity contribution in [2.75, 3.05) is 6.61 Å². The Morgan fingerprint density at radius 3 is 2.93 bits per heavy atom. The molecular formula is C10H11NO4. The van der Waals surface area contributed by atoms with Gasteiger partial charge in [-0.1, -0.05) is 0 Å². The molecule has 80 valence electrons. The molecule has 0 amide bonds. The van der Waals surface area contributed by atoms with Gasteiger partial charge in [0.25, 0.3) is 0 Å². The van der Waals surface area contributed by atoms with E-state index < -0.39 is 4.92 Å². The number of nitro groups is 1. The van der Waals surface area contributed by atoms with Crippen molar-refractivity contribution in [2.24, 2.45) is 0 Å². The molecule has 0 radical (unpaired) electrons. The summed E-state index contributed by atoms with van der Waals surface area (Å²) in [6.45, 7) is 2.34. The molecule has 0 unspecified atom stereocenters. The number of hydrogen-bond donors (Lipinski definition) is 1. The second-order valence-corrected chi connectivity index (χ2v) is 2.75. The lowest BCUT2D eigenvalue weighted by Gasteiger charge is -2.04. The van der Waals surface area contributed by atoms with Gasteiger partial charge in [0.05, 0.1) is 11.5 Å². The van der Waals surface area contributed by atoms with Crippen LogP contribution in [0.5, 0.6) is 11.5 Å².